The fourth-order valence-corrected chi connectivity index (χ4v) is 9.15. The van der Waals surface area contributed by atoms with E-state index in [1.165, 1.54) is 6.92 Å². The Labute approximate surface area is 203 Å². The third kappa shape index (κ3) is 4.20. The third-order valence-corrected chi connectivity index (χ3v) is 11.1. The van der Waals surface area contributed by atoms with Crippen molar-refractivity contribution in [2.75, 3.05) is 0 Å². The van der Waals surface area contributed by atoms with Crippen LogP contribution in [0.5, 0.6) is 0 Å². The average Bonchev–Trinajstić information content (AvgIpc) is 3.13. The summed E-state index contributed by atoms with van der Waals surface area (Å²) in [6.45, 7) is 8.36. The van der Waals surface area contributed by atoms with Crippen LogP contribution in [-0.4, -0.2) is 56.7 Å². The maximum Gasteiger partial charge on any atom is 0.325 e. The van der Waals surface area contributed by atoms with Crippen molar-refractivity contribution in [1.29, 1.82) is 0 Å². The Hall–Kier alpha value is -1.18. The van der Waals surface area contributed by atoms with E-state index in [9.17, 15) is 24.9 Å². The first-order valence-electron chi connectivity index (χ1n) is 13.5. The van der Waals surface area contributed by atoms with E-state index in [1.807, 2.05) is 0 Å². The van der Waals surface area contributed by atoms with Gasteiger partial charge in [0, 0.05) is 6.42 Å². The minimum atomic E-state index is -1.03. The summed E-state index contributed by atoms with van der Waals surface area (Å²) >= 11 is 0. The number of aliphatic carboxylic acids is 1. The number of aliphatic hydroxyl groups is 3. The van der Waals surface area contributed by atoms with Gasteiger partial charge >= 0.3 is 5.97 Å². The Morgan fingerprint density at radius 2 is 1.56 bits per heavy atom. The van der Waals surface area contributed by atoms with Crippen LogP contribution in [0.4, 0.5) is 0 Å². The zero-order valence-electron chi connectivity index (χ0n) is 21.2. The molecule has 5 N–H and O–H groups in total. The largest absolute Gasteiger partial charge is 0.480 e. The van der Waals surface area contributed by atoms with Crippen molar-refractivity contribution >= 4 is 11.9 Å². The van der Waals surface area contributed by atoms with Gasteiger partial charge in [0.2, 0.25) is 5.91 Å². The van der Waals surface area contributed by atoms with Crippen LogP contribution in [0.15, 0.2) is 0 Å². The molecule has 0 radical (unpaired) electrons. The lowest BCUT2D eigenvalue weighted by atomic mass is 9.43. The molecule has 4 fully saturated rings. The summed E-state index contributed by atoms with van der Waals surface area (Å²) in [6, 6.07) is -0.878. The molecule has 0 bridgehead atoms. The lowest BCUT2D eigenvalue weighted by molar-refractivity contribution is -0.223. The Kier molecular flexibility index (Phi) is 7.13. The molecule has 12 unspecified atom stereocenters. The molecule has 0 heterocycles. The minimum Gasteiger partial charge on any atom is -0.480 e. The number of fused-ring (bicyclic) bond motifs is 5. The van der Waals surface area contributed by atoms with Crippen molar-refractivity contribution in [2.24, 2.45) is 46.3 Å². The molecule has 12 atom stereocenters. The van der Waals surface area contributed by atoms with Crippen molar-refractivity contribution in [1.82, 2.24) is 5.32 Å². The predicted molar refractivity (Wildman–Crippen MR) is 128 cm³/mol. The van der Waals surface area contributed by atoms with Crippen LogP contribution in [0, 0.1) is 46.3 Å². The predicted octanol–water partition coefficient (Wildman–Crippen LogP) is 2.95. The Morgan fingerprint density at radius 3 is 2.24 bits per heavy atom. The van der Waals surface area contributed by atoms with Crippen molar-refractivity contribution in [3.05, 3.63) is 0 Å². The van der Waals surface area contributed by atoms with E-state index in [4.69, 9.17) is 5.11 Å². The first-order chi connectivity index (χ1) is 15.9. The van der Waals surface area contributed by atoms with Gasteiger partial charge in [-0.2, -0.15) is 0 Å². The van der Waals surface area contributed by atoms with Gasteiger partial charge in [-0.1, -0.05) is 20.8 Å². The lowest BCUT2D eigenvalue weighted by Gasteiger charge is -2.63. The summed E-state index contributed by atoms with van der Waals surface area (Å²) in [7, 11) is 0. The molecule has 4 saturated carbocycles. The van der Waals surface area contributed by atoms with Crippen LogP contribution in [0.25, 0.3) is 0 Å². The van der Waals surface area contributed by atoms with Crippen LogP contribution in [-0.2, 0) is 9.59 Å². The minimum absolute atomic E-state index is 0.0352. The molecule has 4 rings (SSSR count). The van der Waals surface area contributed by atoms with Crippen molar-refractivity contribution in [2.45, 2.75) is 110 Å². The fourth-order valence-electron chi connectivity index (χ4n) is 9.15. The maximum atomic E-state index is 12.2. The zero-order chi connectivity index (χ0) is 25.0. The Bertz CT molecular complexity index is 789. The molecule has 7 heteroatoms. The van der Waals surface area contributed by atoms with Crippen LogP contribution in [0.2, 0.25) is 0 Å². The van der Waals surface area contributed by atoms with Crippen molar-refractivity contribution in [3.63, 3.8) is 0 Å². The summed E-state index contributed by atoms with van der Waals surface area (Å²) in [6.07, 6.45) is 5.69. The quantitative estimate of drug-likeness (QED) is 0.399. The summed E-state index contributed by atoms with van der Waals surface area (Å²) in [4.78, 5) is 23.3. The van der Waals surface area contributed by atoms with Crippen LogP contribution < -0.4 is 5.32 Å². The van der Waals surface area contributed by atoms with Gasteiger partial charge in [-0.05, 0) is 105 Å². The van der Waals surface area contributed by atoms with E-state index in [2.05, 4.69) is 26.1 Å². The second kappa shape index (κ2) is 9.36. The number of hydrogen-bond donors (Lipinski definition) is 5. The molecule has 0 spiro atoms. The molecule has 34 heavy (non-hydrogen) atoms. The van der Waals surface area contributed by atoms with E-state index in [0.717, 1.165) is 44.9 Å². The molecular formula is C27H45NO6. The van der Waals surface area contributed by atoms with Gasteiger partial charge in [-0.25, -0.2) is 0 Å². The normalized spacial score (nSPS) is 47.6. The number of amides is 1. The monoisotopic (exact) mass is 479 g/mol. The SMILES string of the molecule is CC(NC(=O)CCC(C)C1CCC2C3C(O)C(O)C4CC(O)CCC4(C)C3CCC12C)C(=O)O. The fraction of sp³-hybridized carbons (Fsp3) is 0.926. The molecule has 194 valence electrons. The number of carbonyl (C=O) groups is 2. The second-order valence-electron chi connectivity index (χ2n) is 12.7. The maximum absolute atomic E-state index is 12.2. The molecule has 0 saturated heterocycles. The van der Waals surface area contributed by atoms with Gasteiger partial charge in [-0.3, -0.25) is 9.59 Å². The molecule has 0 aliphatic heterocycles. The number of hydrogen-bond acceptors (Lipinski definition) is 5. The zero-order valence-corrected chi connectivity index (χ0v) is 21.2. The topological polar surface area (TPSA) is 127 Å². The third-order valence-electron chi connectivity index (χ3n) is 11.1. The number of aliphatic hydroxyl groups excluding tert-OH is 3. The molecule has 1 amide bonds. The van der Waals surface area contributed by atoms with Crippen LogP contribution in [0.1, 0.15) is 85.5 Å². The highest BCUT2D eigenvalue weighted by Gasteiger charge is 2.65. The van der Waals surface area contributed by atoms with E-state index in [-0.39, 0.29) is 34.7 Å². The first-order valence-corrected chi connectivity index (χ1v) is 13.5. The van der Waals surface area contributed by atoms with Crippen molar-refractivity contribution < 1.29 is 30.0 Å². The van der Waals surface area contributed by atoms with Gasteiger partial charge < -0.3 is 25.7 Å². The number of rotatable bonds is 6. The number of nitrogens with one attached hydrogen (secondary N) is 1. The highest BCUT2D eigenvalue weighted by molar-refractivity contribution is 5.83. The van der Waals surface area contributed by atoms with Crippen LogP contribution in [0.3, 0.4) is 0 Å². The van der Waals surface area contributed by atoms with Crippen molar-refractivity contribution in [3.8, 4) is 0 Å². The number of carbonyl (C=O) groups excluding carboxylic acids is 1. The van der Waals surface area contributed by atoms with E-state index in [1.54, 1.807) is 0 Å². The molecular weight excluding hydrogens is 434 g/mol. The summed E-state index contributed by atoms with van der Waals surface area (Å²) in [5.74, 6) is 0.312. The lowest BCUT2D eigenvalue weighted by Crippen LogP contribution is -2.64. The van der Waals surface area contributed by atoms with E-state index >= 15 is 0 Å². The molecule has 4 aliphatic carbocycles. The van der Waals surface area contributed by atoms with Gasteiger partial charge in [0.1, 0.15) is 6.04 Å². The van der Waals surface area contributed by atoms with Crippen LogP contribution >= 0.6 is 0 Å². The van der Waals surface area contributed by atoms with Gasteiger partial charge in [0.25, 0.3) is 0 Å². The first kappa shape index (κ1) is 25.9. The summed E-state index contributed by atoms with van der Waals surface area (Å²) < 4.78 is 0. The molecule has 0 aromatic rings. The molecule has 4 aliphatic rings. The standard InChI is InChI=1S/C27H45NO6/c1-14(5-8-21(30)28-15(2)25(33)34)17-6-7-18-22-19(10-12-26(17,18)3)27(4)11-9-16(29)13-20(27)23(31)24(22)32/h14-20,22-24,29,31-32H,5-13H2,1-4H3,(H,28,30)(H,33,34). The number of carboxylic acid groups (broad SMARTS) is 1. The highest BCUT2D eigenvalue weighted by atomic mass is 16.4. The Balaban J connectivity index is 1.46. The Morgan fingerprint density at radius 1 is 0.912 bits per heavy atom. The van der Waals surface area contributed by atoms with E-state index < -0.39 is 24.2 Å². The average molecular weight is 480 g/mol. The van der Waals surface area contributed by atoms with E-state index in [0.29, 0.717) is 36.5 Å². The molecule has 0 aromatic heterocycles. The molecule has 0 aromatic carbocycles. The smallest absolute Gasteiger partial charge is 0.325 e. The summed E-state index contributed by atoms with van der Waals surface area (Å²) in [5, 5.41) is 44.4. The highest BCUT2D eigenvalue weighted by Crippen LogP contribution is 2.68. The van der Waals surface area contributed by atoms with Gasteiger partial charge in [0.15, 0.2) is 0 Å². The van der Waals surface area contributed by atoms with Gasteiger partial charge in [0.05, 0.1) is 18.3 Å². The summed E-state index contributed by atoms with van der Waals surface area (Å²) in [5.41, 5.74) is 0.0377. The second-order valence-corrected chi connectivity index (χ2v) is 12.7. The number of carboxylic acids is 1. The van der Waals surface area contributed by atoms with Gasteiger partial charge in [-0.15, -0.1) is 0 Å². The molecule has 7 nitrogen and oxygen atoms in total.